The molecule has 19 rings (SSSR count). The van der Waals surface area contributed by atoms with Gasteiger partial charge in [0.2, 0.25) is 0 Å². The average molecular weight is 1180 g/mol. The molecule has 0 N–H and O–H groups in total. The van der Waals surface area contributed by atoms with Crippen molar-refractivity contribution < 1.29 is 0 Å². The first-order valence-electron chi connectivity index (χ1n) is 31.5. The van der Waals surface area contributed by atoms with Gasteiger partial charge in [0.15, 0.2) is 0 Å². The molecule has 0 bridgehead atoms. The predicted molar refractivity (Wildman–Crippen MR) is 391 cm³/mol. The minimum Gasteiger partial charge on any atom is -0.309 e. The van der Waals surface area contributed by atoms with Crippen LogP contribution in [-0.2, 0) is 0 Å². The Labute approximate surface area is 535 Å². The number of rotatable bonds is 10. The van der Waals surface area contributed by atoms with Gasteiger partial charge in [0, 0.05) is 50.4 Å². The molecule has 0 aliphatic heterocycles. The highest BCUT2D eigenvalue weighted by Crippen LogP contribution is 2.48. The van der Waals surface area contributed by atoms with E-state index in [-0.39, 0.29) is 0 Å². The van der Waals surface area contributed by atoms with Crippen molar-refractivity contribution in [3.05, 3.63) is 322 Å². The number of fused-ring (bicyclic) bond motifs is 2. The summed E-state index contributed by atoms with van der Waals surface area (Å²) in [5, 5.41) is 17.8. The van der Waals surface area contributed by atoms with Crippen LogP contribution in [0.4, 0.5) is 0 Å². The second kappa shape index (κ2) is 20.9. The van der Waals surface area contributed by atoms with Crippen LogP contribution in [0.3, 0.4) is 0 Å². The maximum absolute atomic E-state index is 5.10. The summed E-state index contributed by atoms with van der Waals surface area (Å²) in [5.41, 5.74) is 22.2. The standard InChI is InChI=1S/C88H53N3S/c1-2-13-71(14-3-1)91-81-15-5-4-8-68(81)48-82(91)61-28-22-58(23-29-61)78-52-77(73-40-35-64-10-7-11-65-36-41-74(78)88(73)86(64)65)57-20-26-60(27-21-57)80-43-38-70(53-90-80)67-32-33-69-50-83(92-84(69)49-67)62-30-24-59(25-31-62)79-51-76(56-18-16-54(17-19-56)55-44-46-89-47-45-55)72-39-34-63-9-6-12-66-37-42-75(79)87(72)85(63)66/h1-53H. The van der Waals surface area contributed by atoms with E-state index >= 15 is 0 Å². The quantitative estimate of drug-likeness (QED) is 0.128. The van der Waals surface area contributed by atoms with Gasteiger partial charge in [-0.15, -0.1) is 11.3 Å². The van der Waals surface area contributed by atoms with E-state index in [1.807, 2.05) is 29.9 Å². The molecular weight excluding hydrogens is 1130 g/mol. The number of nitrogens with zero attached hydrogens (tertiary/aromatic N) is 3. The zero-order valence-corrected chi connectivity index (χ0v) is 50.7. The van der Waals surface area contributed by atoms with Crippen LogP contribution in [0.2, 0.25) is 0 Å². The fourth-order valence-corrected chi connectivity index (χ4v) is 15.9. The van der Waals surface area contributed by atoms with Crippen LogP contribution >= 0.6 is 11.3 Å². The van der Waals surface area contributed by atoms with Gasteiger partial charge in [-0.05, 0) is 209 Å². The van der Waals surface area contributed by atoms with E-state index in [0.29, 0.717) is 0 Å². The Balaban J connectivity index is 0.613. The number of hydrogen-bond acceptors (Lipinski definition) is 3. The van der Waals surface area contributed by atoms with Crippen LogP contribution in [-0.4, -0.2) is 14.5 Å². The Morgan fingerprint density at radius 2 is 0.717 bits per heavy atom. The van der Waals surface area contributed by atoms with Crippen molar-refractivity contribution >= 4 is 97.0 Å². The number of aromatic nitrogens is 3. The van der Waals surface area contributed by atoms with Crippen LogP contribution in [0.1, 0.15) is 0 Å². The normalized spacial score (nSPS) is 11.9. The summed E-state index contributed by atoms with van der Waals surface area (Å²) in [6, 6.07) is 112. The first-order chi connectivity index (χ1) is 45.6. The van der Waals surface area contributed by atoms with E-state index in [1.54, 1.807) is 0 Å². The Kier molecular flexibility index (Phi) is 11.8. The Hall–Kier alpha value is -11.8. The average Bonchev–Trinajstić information content (AvgIpc) is 1.50. The summed E-state index contributed by atoms with van der Waals surface area (Å²) < 4.78 is 3.63. The van der Waals surface area contributed by atoms with Crippen LogP contribution in [0.5, 0.6) is 0 Å². The number of hydrogen-bond donors (Lipinski definition) is 0. The Morgan fingerprint density at radius 3 is 1.26 bits per heavy atom. The maximum Gasteiger partial charge on any atom is 0.0702 e. The molecule has 0 aliphatic carbocycles. The minimum atomic E-state index is 0.944. The fourth-order valence-electron chi connectivity index (χ4n) is 14.8. The number of para-hydroxylation sites is 2. The molecule has 4 heteroatoms. The van der Waals surface area contributed by atoms with Crippen molar-refractivity contribution in [3.8, 4) is 105 Å². The molecule has 0 spiro atoms. The predicted octanol–water partition coefficient (Wildman–Crippen LogP) is 24.4. The number of pyridine rings is 2. The van der Waals surface area contributed by atoms with Gasteiger partial charge in [0.05, 0.1) is 16.9 Å². The van der Waals surface area contributed by atoms with Gasteiger partial charge in [-0.1, -0.05) is 237 Å². The molecule has 0 saturated heterocycles. The largest absolute Gasteiger partial charge is 0.309 e. The zero-order chi connectivity index (χ0) is 60.4. The van der Waals surface area contributed by atoms with E-state index in [1.165, 1.54) is 157 Å². The SMILES string of the molecule is c1ccc(-n2c(-c3ccc(-c4cc(-c5ccc(-c6ccc(-c7ccc8cc(-c9ccc(-c%10cc(-c%11ccc(-c%12ccncc%12)cc%11)c%11ccc%12cccc%13ccc%10c%11c%12%13)cc9)sc8c7)cn6)cc5)c5ccc6cccc7ccc4c5c67)cc3)cc3ccccc32)cc1. The molecule has 0 saturated carbocycles. The lowest BCUT2D eigenvalue weighted by Crippen LogP contribution is -1.96. The molecule has 0 fully saturated rings. The molecule has 4 aromatic heterocycles. The third-order valence-electron chi connectivity index (χ3n) is 19.3. The van der Waals surface area contributed by atoms with Gasteiger partial charge in [-0.3, -0.25) is 9.97 Å². The molecule has 0 atom stereocenters. The molecule has 426 valence electrons. The van der Waals surface area contributed by atoms with E-state index in [2.05, 4.69) is 313 Å². The van der Waals surface area contributed by atoms with Gasteiger partial charge >= 0.3 is 0 Å². The highest BCUT2D eigenvalue weighted by molar-refractivity contribution is 7.22. The van der Waals surface area contributed by atoms with Crippen molar-refractivity contribution in [2.75, 3.05) is 0 Å². The third-order valence-corrected chi connectivity index (χ3v) is 20.5. The molecule has 15 aromatic carbocycles. The zero-order valence-electron chi connectivity index (χ0n) is 49.8. The molecule has 92 heavy (non-hydrogen) atoms. The lowest BCUT2D eigenvalue weighted by molar-refractivity contribution is 1.13. The summed E-state index contributed by atoms with van der Waals surface area (Å²) in [4.78, 5) is 10.6. The summed E-state index contributed by atoms with van der Waals surface area (Å²) in [6.07, 6.45) is 5.74. The highest BCUT2D eigenvalue weighted by Gasteiger charge is 2.21. The first kappa shape index (κ1) is 52.1. The lowest BCUT2D eigenvalue weighted by atomic mass is 9.85. The molecule has 4 heterocycles. The van der Waals surface area contributed by atoms with Crippen LogP contribution in [0.25, 0.3) is 191 Å². The first-order valence-corrected chi connectivity index (χ1v) is 32.3. The minimum absolute atomic E-state index is 0.944. The molecule has 19 aromatic rings. The maximum atomic E-state index is 5.10. The van der Waals surface area contributed by atoms with Crippen molar-refractivity contribution in [2.45, 2.75) is 0 Å². The highest BCUT2D eigenvalue weighted by atomic mass is 32.1. The molecule has 0 amide bonds. The topological polar surface area (TPSA) is 30.7 Å². The molecule has 0 aliphatic rings. The molecule has 3 nitrogen and oxygen atoms in total. The van der Waals surface area contributed by atoms with E-state index in [4.69, 9.17) is 4.98 Å². The van der Waals surface area contributed by atoms with Gasteiger partial charge in [-0.25, -0.2) is 0 Å². The lowest BCUT2D eigenvalue weighted by Gasteiger charge is -2.18. The van der Waals surface area contributed by atoms with Crippen LogP contribution in [0, 0.1) is 0 Å². The number of thiophene rings is 1. The van der Waals surface area contributed by atoms with E-state index < -0.39 is 0 Å². The Bertz CT molecular complexity index is 6020. The van der Waals surface area contributed by atoms with Gasteiger partial charge in [-0.2, -0.15) is 0 Å². The van der Waals surface area contributed by atoms with Gasteiger partial charge < -0.3 is 4.57 Å². The third kappa shape index (κ3) is 8.49. The van der Waals surface area contributed by atoms with Crippen molar-refractivity contribution in [1.29, 1.82) is 0 Å². The summed E-state index contributed by atoms with van der Waals surface area (Å²) in [6.45, 7) is 0. The van der Waals surface area contributed by atoms with Crippen LogP contribution in [0.15, 0.2) is 322 Å². The number of benzene rings is 15. The Morgan fingerprint density at radius 1 is 0.272 bits per heavy atom. The van der Waals surface area contributed by atoms with Gasteiger partial charge in [0.1, 0.15) is 0 Å². The fraction of sp³-hybridized carbons (Fsp3) is 0. The second-order valence-corrected chi connectivity index (χ2v) is 25.5. The van der Waals surface area contributed by atoms with E-state index in [9.17, 15) is 0 Å². The second-order valence-electron chi connectivity index (χ2n) is 24.4. The van der Waals surface area contributed by atoms with E-state index in [0.717, 1.165) is 33.6 Å². The monoisotopic (exact) mass is 1180 g/mol. The summed E-state index contributed by atoms with van der Waals surface area (Å²) in [7, 11) is 0. The van der Waals surface area contributed by atoms with Crippen molar-refractivity contribution in [2.24, 2.45) is 0 Å². The summed E-state index contributed by atoms with van der Waals surface area (Å²) in [5.74, 6) is 0. The van der Waals surface area contributed by atoms with Crippen LogP contribution < -0.4 is 0 Å². The molecular formula is C88H53N3S. The summed E-state index contributed by atoms with van der Waals surface area (Å²) >= 11 is 1.84. The van der Waals surface area contributed by atoms with Crippen molar-refractivity contribution in [1.82, 2.24) is 14.5 Å². The van der Waals surface area contributed by atoms with Gasteiger partial charge in [0.25, 0.3) is 0 Å². The molecule has 0 radical (unpaired) electrons. The van der Waals surface area contributed by atoms with Crippen molar-refractivity contribution in [3.63, 3.8) is 0 Å². The molecule has 0 unspecified atom stereocenters. The smallest absolute Gasteiger partial charge is 0.0702 e.